The third kappa shape index (κ3) is 4.90. The number of nitrogens with zero attached hydrogens (tertiary/aromatic N) is 1. The Balaban J connectivity index is 1.57. The van der Waals surface area contributed by atoms with Gasteiger partial charge in [0.15, 0.2) is 0 Å². The molecular formula is C22H25N3O3S3. The molecule has 1 aliphatic heterocycles. The maximum absolute atomic E-state index is 13.2. The first kappa shape index (κ1) is 22.1. The minimum atomic E-state index is -3.58. The number of sulfonamides is 1. The van der Waals surface area contributed by atoms with Gasteiger partial charge in [-0.25, -0.2) is 13.1 Å². The quantitative estimate of drug-likeness (QED) is 0.542. The molecule has 0 fully saturated rings. The Morgan fingerprint density at radius 3 is 2.71 bits per heavy atom. The molecule has 0 saturated heterocycles. The van der Waals surface area contributed by atoms with Crippen LogP contribution in [0.25, 0.3) is 5.00 Å². The predicted molar refractivity (Wildman–Crippen MR) is 127 cm³/mol. The van der Waals surface area contributed by atoms with E-state index in [4.69, 9.17) is 0 Å². The first-order valence-electron chi connectivity index (χ1n) is 10.1. The number of amides is 1. The van der Waals surface area contributed by atoms with Gasteiger partial charge in [0.05, 0.1) is 10.5 Å². The van der Waals surface area contributed by atoms with E-state index >= 15 is 0 Å². The minimum absolute atomic E-state index is 0.123. The molecule has 0 radical (unpaired) electrons. The third-order valence-electron chi connectivity index (χ3n) is 4.92. The number of carbonyl (C=O) groups excluding carboxylic acids is 1. The number of thiophene rings is 1. The second-order valence-electron chi connectivity index (χ2n) is 7.68. The fraction of sp³-hybridized carbons (Fsp3) is 0.318. The molecule has 0 saturated carbocycles. The lowest BCUT2D eigenvalue weighted by molar-refractivity contribution is 0.0950. The molecule has 0 unspecified atom stereocenters. The van der Waals surface area contributed by atoms with Gasteiger partial charge in [0.1, 0.15) is 5.00 Å². The Kier molecular flexibility index (Phi) is 6.57. The highest BCUT2D eigenvalue weighted by molar-refractivity contribution is 7.98. The normalized spacial score (nSPS) is 13.9. The Morgan fingerprint density at radius 1 is 1.19 bits per heavy atom. The Labute approximate surface area is 191 Å². The maximum Gasteiger partial charge on any atom is 0.254 e. The smallest absolute Gasteiger partial charge is 0.254 e. The monoisotopic (exact) mass is 475 g/mol. The SMILES string of the molecule is CC(C)NS(=O)(=O)c1cccc(CNC(=O)c2c(-n3cccc3)sc3c2CCSC3)c1. The van der Waals surface area contributed by atoms with Gasteiger partial charge < -0.3 is 9.88 Å². The molecule has 1 aliphatic rings. The van der Waals surface area contributed by atoms with Crippen LogP contribution in [0.2, 0.25) is 0 Å². The highest BCUT2D eigenvalue weighted by atomic mass is 32.2. The van der Waals surface area contributed by atoms with Crippen LogP contribution >= 0.6 is 23.1 Å². The molecule has 0 atom stereocenters. The molecule has 2 N–H and O–H groups in total. The Hall–Kier alpha value is -2.07. The summed E-state index contributed by atoms with van der Waals surface area (Å²) >= 11 is 3.57. The van der Waals surface area contributed by atoms with Gasteiger partial charge in [0, 0.05) is 35.6 Å². The van der Waals surface area contributed by atoms with Crippen molar-refractivity contribution in [2.45, 2.75) is 43.5 Å². The van der Waals surface area contributed by atoms with Crippen molar-refractivity contribution in [2.24, 2.45) is 0 Å². The van der Waals surface area contributed by atoms with Crippen LogP contribution in [0.3, 0.4) is 0 Å². The van der Waals surface area contributed by atoms with Crippen LogP contribution in [-0.4, -0.2) is 30.7 Å². The predicted octanol–water partition coefficient (Wildman–Crippen LogP) is 3.94. The zero-order valence-corrected chi connectivity index (χ0v) is 19.9. The van der Waals surface area contributed by atoms with Gasteiger partial charge in [0.2, 0.25) is 10.0 Å². The largest absolute Gasteiger partial charge is 0.348 e. The molecular weight excluding hydrogens is 450 g/mol. The summed E-state index contributed by atoms with van der Waals surface area (Å²) in [5, 5.41) is 3.94. The summed E-state index contributed by atoms with van der Waals surface area (Å²) in [5.74, 6) is 1.82. The van der Waals surface area contributed by atoms with E-state index < -0.39 is 10.0 Å². The minimum Gasteiger partial charge on any atom is -0.348 e. The third-order valence-corrected chi connectivity index (χ3v) is 8.99. The molecule has 4 rings (SSSR count). The molecule has 2 aromatic heterocycles. The lowest BCUT2D eigenvalue weighted by Crippen LogP contribution is -2.30. The average Bonchev–Trinajstić information content (AvgIpc) is 3.39. The van der Waals surface area contributed by atoms with E-state index in [2.05, 4.69) is 10.0 Å². The zero-order chi connectivity index (χ0) is 22.0. The number of aromatic nitrogens is 1. The van der Waals surface area contributed by atoms with Gasteiger partial charge in [-0.15, -0.1) is 11.3 Å². The van der Waals surface area contributed by atoms with Crippen LogP contribution in [0.15, 0.2) is 53.7 Å². The van der Waals surface area contributed by atoms with Crippen molar-refractivity contribution in [1.29, 1.82) is 0 Å². The summed E-state index contributed by atoms with van der Waals surface area (Å²) in [6.07, 6.45) is 4.80. The van der Waals surface area contributed by atoms with Crippen LogP contribution in [0.4, 0.5) is 0 Å². The standard InChI is InChI=1S/C22H25N3O3S3/c1-15(2)24-31(27,28)17-7-5-6-16(12-17)13-23-21(26)20-18-8-11-29-14-19(18)30-22(20)25-9-3-4-10-25/h3-7,9-10,12,15,24H,8,11,13-14H2,1-2H3,(H,23,26). The van der Waals surface area contributed by atoms with E-state index in [1.807, 2.05) is 46.9 Å². The van der Waals surface area contributed by atoms with Crippen LogP contribution in [0.1, 0.15) is 40.2 Å². The molecule has 31 heavy (non-hydrogen) atoms. The molecule has 3 heterocycles. The van der Waals surface area contributed by atoms with Crippen molar-refractivity contribution in [3.05, 3.63) is 70.4 Å². The van der Waals surface area contributed by atoms with E-state index in [1.165, 1.54) is 4.88 Å². The molecule has 164 valence electrons. The van der Waals surface area contributed by atoms with Gasteiger partial charge in [-0.05, 0) is 61.4 Å². The molecule has 0 bridgehead atoms. The summed E-state index contributed by atoms with van der Waals surface area (Å²) < 4.78 is 29.5. The summed E-state index contributed by atoms with van der Waals surface area (Å²) in [6, 6.07) is 10.4. The average molecular weight is 476 g/mol. The number of rotatable bonds is 7. The number of nitrogens with one attached hydrogen (secondary N) is 2. The fourth-order valence-electron chi connectivity index (χ4n) is 3.58. The van der Waals surface area contributed by atoms with Crippen molar-refractivity contribution in [1.82, 2.24) is 14.6 Å². The highest BCUT2D eigenvalue weighted by Gasteiger charge is 2.26. The Morgan fingerprint density at radius 2 is 1.97 bits per heavy atom. The van der Waals surface area contributed by atoms with Crippen LogP contribution in [0.5, 0.6) is 0 Å². The van der Waals surface area contributed by atoms with Crippen LogP contribution in [-0.2, 0) is 28.7 Å². The first-order valence-corrected chi connectivity index (χ1v) is 13.6. The van der Waals surface area contributed by atoms with E-state index in [1.54, 1.807) is 43.4 Å². The van der Waals surface area contributed by atoms with Gasteiger partial charge in [0.25, 0.3) is 5.91 Å². The van der Waals surface area contributed by atoms with Gasteiger partial charge in [-0.3, -0.25) is 4.79 Å². The molecule has 9 heteroatoms. The van der Waals surface area contributed by atoms with E-state index in [0.717, 1.165) is 39.6 Å². The number of thioether (sulfide) groups is 1. The molecule has 0 aliphatic carbocycles. The second-order valence-corrected chi connectivity index (χ2v) is 11.6. The van der Waals surface area contributed by atoms with E-state index in [9.17, 15) is 13.2 Å². The second kappa shape index (κ2) is 9.20. The molecule has 3 aromatic rings. The van der Waals surface area contributed by atoms with Crippen LogP contribution < -0.4 is 10.0 Å². The van der Waals surface area contributed by atoms with E-state index in [-0.39, 0.29) is 23.4 Å². The summed E-state index contributed by atoms with van der Waals surface area (Å²) in [6.45, 7) is 3.82. The summed E-state index contributed by atoms with van der Waals surface area (Å²) in [5.41, 5.74) is 2.62. The topological polar surface area (TPSA) is 80.2 Å². The van der Waals surface area contributed by atoms with Gasteiger partial charge in [-0.2, -0.15) is 11.8 Å². The van der Waals surface area contributed by atoms with Crippen molar-refractivity contribution in [3.8, 4) is 5.00 Å². The van der Waals surface area contributed by atoms with Crippen molar-refractivity contribution in [2.75, 3.05) is 5.75 Å². The number of benzene rings is 1. The van der Waals surface area contributed by atoms with E-state index in [0.29, 0.717) is 0 Å². The number of hydrogen-bond acceptors (Lipinski definition) is 5. The number of hydrogen-bond donors (Lipinski definition) is 2. The lowest BCUT2D eigenvalue weighted by atomic mass is 10.1. The fourth-order valence-corrected chi connectivity index (χ4v) is 7.34. The molecule has 6 nitrogen and oxygen atoms in total. The maximum atomic E-state index is 13.2. The zero-order valence-electron chi connectivity index (χ0n) is 17.4. The summed E-state index contributed by atoms with van der Waals surface area (Å²) in [7, 11) is -3.58. The van der Waals surface area contributed by atoms with Crippen molar-refractivity contribution >= 4 is 39.0 Å². The Bertz CT molecular complexity index is 1180. The number of carbonyl (C=O) groups is 1. The van der Waals surface area contributed by atoms with Gasteiger partial charge in [-0.1, -0.05) is 12.1 Å². The molecule has 1 amide bonds. The van der Waals surface area contributed by atoms with Crippen molar-refractivity contribution in [3.63, 3.8) is 0 Å². The lowest BCUT2D eigenvalue weighted by Gasteiger charge is -2.14. The molecule has 0 spiro atoms. The first-order chi connectivity index (χ1) is 14.8. The number of fused-ring (bicyclic) bond motifs is 1. The van der Waals surface area contributed by atoms with Crippen LogP contribution in [0, 0.1) is 0 Å². The molecule has 1 aromatic carbocycles. The summed E-state index contributed by atoms with van der Waals surface area (Å²) in [4.78, 5) is 14.7. The van der Waals surface area contributed by atoms with Gasteiger partial charge >= 0.3 is 0 Å². The highest BCUT2D eigenvalue weighted by Crippen LogP contribution is 2.38. The van der Waals surface area contributed by atoms with Crippen molar-refractivity contribution < 1.29 is 13.2 Å².